The van der Waals surface area contributed by atoms with E-state index in [-0.39, 0.29) is 18.1 Å². The van der Waals surface area contributed by atoms with Crippen LogP contribution < -0.4 is 20.1 Å². The first-order valence-electron chi connectivity index (χ1n) is 8.77. The van der Waals surface area contributed by atoms with Crippen molar-refractivity contribution >= 4 is 6.03 Å². The summed E-state index contributed by atoms with van der Waals surface area (Å²) in [5.74, 6) is 1.53. The second kappa shape index (κ2) is 7.75. The third-order valence-electron chi connectivity index (χ3n) is 4.58. The van der Waals surface area contributed by atoms with E-state index in [1.54, 1.807) is 0 Å². The van der Waals surface area contributed by atoms with Crippen molar-refractivity contribution in [3.8, 4) is 11.5 Å². The lowest BCUT2D eigenvalue weighted by molar-refractivity contribution is 0.207. The molecule has 2 aliphatic rings. The molecule has 2 amide bonds. The zero-order valence-electron chi connectivity index (χ0n) is 14.5. The van der Waals surface area contributed by atoms with Crippen LogP contribution in [0, 0.1) is 0 Å². The van der Waals surface area contributed by atoms with Gasteiger partial charge in [0.2, 0.25) is 0 Å². The zero-order chi connectivity index (χ0) is 16.9. The van der Waals surface area contributed by atoms with Crippen LogP contribution in [-0.2, 0) is 0 Å². The number of fused-ring (bicyclic) bond motifs is 1. The SMILES string of the molecule is C[C@H](NC(=O)N[C@H]1CCCN(C)C1)c1ccc2c(c1)OCCCO2. The molecule has 1 aromatic rings. The standard InChI is InChI=1S/C18H27N3O3/c1-13(19-18(22)20-15-5-3-8-21(2)12-15)14-6-7-16-17(11-14)24-10-4-9-23-16/h6-7,11,13,15H,3-5,8-10,12H2,1-2H3,(H2,19,20,22)/t13-,15-/m0/s1. The number of ether oxygens (including phenoxy) is 2. The maximum atomic E-state index is 12.2. The maximum Gasteiger partial charge on any atom is 0.315 e. The molecule has 0 aromatic heterocycles. The highest BCUT2D eigenvalue weighted by Gasteiger charge is 2.20. The van der Waals surface area contributed by atoms with Crippen molar-refractivity contribution < 1.29 is 14.3 Å². The van der Waals surface area contributed by atoms with Gasteiger partial charge in [-0.15, -0.1) is 0 Å². The van der Waals surface area contributed by atoms with E-state index >= 15 is 0 Å². The zero-order valence-corrected chi connectivity index (χ0v) is 14.5. The Labute approximate surface area is 143 Å². The lowest BCUT2D eigenvalue weighted by Gasteiger charge is -2.30. The number of hydrogen-bond donors (Lipinski definition) is 2. The molecule has 0 spiro atoms. The summed E-state index contributed by atoms with van der Waals surface area (Å²) in [5.41, 5.74) is 1.01. The van der Waals surface area contributed by atoms with E-state index in [0.717, 1.165) is 49.4 Å². The van der Waals surface area contributed by atoms with Crippen molar-refractivity contribution in [2.45, 2.75) is 38.3 Å². The van der Waals surface area contributed by atoms with Crippen molar-refractivity contribution in [3.63, 3.8) is 0 Å². The molecule has 2 heterocycles. The summed E-state index contributed by atoms with van der Waals surface area (Å²) < 4.78 is 11.4. The predicted molar refractivity (Wildman–Crippen MR) is 92.7 cm³/mol. The van der Waals surface area contributed by atoms with E-state index in [9.17, 15) is 4.79 Å². The number of carbonyl (C=O) groups is 1. The van der Waals surface area contributed by atoms with Crippen LogP contribution in [0.25, 0.3) is 0 Å². The van der Waals surface area contributed by atoms with Gasteiger partial charge in [0.1, 0.15) is 0 Å². The highest BCUT2D eigenvalue weighted by molar-refractivity contribution is 5.74. The fourth-order valence-electron chi connectivity index (χ4n) is 3.24. The van der Waals surface area contributed by atoms with E-state index in [1.165, 1.54) is 0 Å². The minimum Gasteiger partial charge on any atom is -0.490 e. The topological polar surface area (TPSA) is 62.8 Å². The molecular formula is C18H27N3O3. The van der Waals surface area contributed by atoms with Crippen LogP contribution in [-0.4, -0.2) is 50.3 Å². The minimum atomic E-state index is -0.116. The Bertz CT molecular complexity index is 579. The molecule has 0 aliphatic carbocycles. The van der Waals surface area contributed by atoms with Gasteiger partial charge in [-0.05, 0) is 51.1 Å². The first kappa shape index (κ1) is 16.9. The molecule has 6 nitrogen and oxygen atoms in total. The van der Waals surface area contributed by atoms with Crippen molar-refractivity contribution in [2.24, 2.45) is 0 Å². The molecule has 0 unspecified atom stereocenters. The largest absolute Gasteiger partial charge is 0.490 e. The second-order valence-corrected chi connectivity index (χ2v) is 6.70. The normalized spacial score (nSPS) is 22.3. The van der Waals surface area contributed by atoms with Crippen molar-refractivity contribution in [3.05, 3.63) is 23.8 Å². The fraction of sp³-hybridized carbons (Fsp3) is 0.611. The maximum absolute atomic E-state index is 12.2. The van der Waals surface area contributed by atoms with Gasteiger partial charge < -0.3 is 25.0 Å². The van der Waals surface area contributed by atoms with Crippen molar-refractivity contribution in [2.75, 3.05) is 33.4 Å². The van der Waals surface area contributed by atoms with Gasteiger partial charge in [0.05, 0.1) is 19.3 Å². The molecule has 1 fully saturated rings. The number of likely N-dealkylation sites (N-methyl/N-ethyl adjacent to an activating group) is 1. The third kappa shape index (κ3) is 4.32. The van der Waals surface area contributed by atoms with Gasteiger partial charge in [-0.2, -0.15) is 0 Å². The van der Waals surface area contributed by atoms with Crippen LogP contribution >= 0.6 is 0 Å². The van der Waals surface area contributed by atoms with Crippen molar-refractivity contribution in [1.29, 1.82) is 0 Å². The van der Waals surface area contributed by atoms with E-state index < -0.39 is 0 Å². The summed E-state index contributed by atoms with van der Waals surface area (Å²) >= 11 is 0. The summed E-state index contributed by atoms with van der Waals surface area (Å²) in [4.78, 5) is 14.5. The Hall–Kier alpha value is -1.95. The van der Waals surface area contributed by atoms with Crippen LogP contribution in [0.4, 0.5) is 4.79 Å². The number of likely N-dealkylation sites (tertiary alicyclic amines) is 1. The number of amides is 2. The second-order valence-electron chi connectivity index (χ2n) is 6.70. The van der Waals surface area contributed by atoms with Gasteiger partial charge in [-0.3, -0.25) is 0 Å². The Balaban J connectivity index is 1.57. The lowest BCUT2D eigenvalue weighted by Crippen LogP contribution is -2.49. The van der Waals surface area contributed by atoms with E-state index in [1.807, 2.05) is 25.1 Å². The molecular weight excluding hydrogens is 306 g/mol. The Morgan fingerprint density at radius 3 is 2.83 bits per heavy atom. The quantitative estimate of drug-likeness (QED) is 0.891. The first-order chi connectivity index (χ1) is 11.6. The Kier molecular flexibility index (Phi) is 5.45. The van der Waals surface area contributed by atoms with Gasteiger partial charge >= 0.3 is 6.03 Å². The van der Waals surface area contributed by atoms with Crippen molar-refractivity contribution in [1.82, 2.24) is 15.5 Å². The number of piperidine rings is 1. The minimum absolute atomic E-state index is 0.0940. The van der Waals surface area contributed by atoms with Gasteiger partial charge in [0.25, 0.3) is 0 Å². The number of hydrogen-bond acceptors (Lipinski definition) is 4. The third-order valence-corrected chi connectivity index (χ3v) is 4.58. The van der Waals surface area contributed by atoms with Gasteiger partial charge in [0, 0.05) is 19.0 Å². The van der Waals surface area contributed by atoms with E-state index in [2.05, 4.69) is 22.6 Å². The molecule has 2 atom stereocenters. The molecule has 1 aromatic carbocycles. The molecule has 0 radical (unpaired) electrons. The van der Waals surface area contributed by atoms with Gasteiger partial charge in [-0.1, -0.05) is 6.07 Å². The van der Waals surface area contributed by atoms with Crippen LogP contribution in [0.5, 0.6) is 11.5 Å². The molecule has 3 rings (SSSR count). The number of carbonyl (C=O) groups excluding carboxylic acids is 1. The summed E-state index contributed by atoms with van der Waals surface area (Å²) in [7, 11) is 2.09. The van der Waals surface area contributed by atoms with Crippen LogP contribution in [0.1, 0.15) is 37.8 Å². The summed E-state index contributed by atoms with van der Waals surface area (Å²) in [6.07, 6.45) is 3.05. The highest BCUT2D eigenvalue weighted by Crippen LogP contribution is 2.32. The summed E-state index contributed by atoms with van der Waals surface area (Å²) in [6.45, 7) is 5.33. The molecule has 2 aliphatic heterocycles. The average molecular weight is 333 g/mol. The molecule has 0 saturated carbocycles. The molecule has 132 valence electrons. The summed E-state index contributed by atoms with van der Waals surface area (Å²) in [6, 6.07) is 5.87. The molecule has 2 N–H and O–H groups in total. The lowest BCUT2D eigenvalue weighted by atomic mass is 10.1. The molecule has 1 saturated heterocycles. The number of nitrogens with one attached hydrogen (secondary N) is 2. The summed E-state index contributed by atoms with van der Waals surface area (Å²) in [5, 5.41) is 6.09. The Morgan fingerprint density at radius 1 is 1.25 bits per heavy atom. The molecule has 6 heteroatoms. The smallest absolute Gasteiger partial charge is 0.315 e. The number of urea groups is 1. The number of rotatable bonds is 3. The van der Waals surface area contributed by atoms with Crippen LogP contribution in [0.3, 0.4) is 0 Å². The van der Waals surface area contributed by atoms with Crippen LogP contribution in [0.15, 0.2) is 18.2 Å². The number of benzene rings is 1. The van der Waals surface area contributed by atoms with Gasteiger partial charge in [-0.25, -0.2) is 4.79 Å². The van der Waals surface area contributed by atoms with E-state index in [4.69, 9.17) is 9.47 Å². The van der Waals surface area contributed by atoms with Crippen LogP contribution in [0.2, 0.25) is 0 Å². The van der Waals surface area contributed by atoms with Gasteiger partial charge in [0.15, 0.2) is 11.5 Å². The highest BCUT2D eigenvalue weighted by atomic mass is 16.5. The monoisotopic (exact) mass is 333 g/mol. The molecule has 24 heavy (non-hydrogen) atoms. The average Bonchev–Trinajstić information content (AvgIpc) is 2.79. The van der Waals surface area contributed by atoms with E-state index in [0.29, 0.717) is 13.2 Å². The number of nitrogens with zero attached hydrogens (tertiary/aromatic N) is 1. The Morgan fingerprint density at radius 2 is 2.04 bits per heavy atom. The first-order valence-corrected chi connectivity index (χ1v) is 8.77. The predicted octanol–water partition coefficient (Wildman–Crippen LogP) is 2.30. The molecule has 0 bridgehead atoms. The fourth-order valence-corrected chi connectivity index (χ4v) is 3.24.